The van der Waals surface area contributed by atoms with Crippen LogP contribution in [-0.2, 0) is 6.42 Å². The number of furan rings is 1. The zero-order valence-corrected chi connectivity index (χ0v) is 13.0. The molecule has 0 atom stereocenters. The van der Waals surface area contributed by atoms with Crippen molar-refractivity contribution in [2.45, 2.75) is 27.2 Å². The van der Waals surface area contributed by atoms with Crippen LogP contribution in [0, 0.1) is 5.92 Å². The van der Waals surface area contributed by atoms with Gasteiger partial charge in [-0.15, -0.1) is 0 Å². The summed E-state index contributed by atoms with van der Waals surface area (Å²) < 4.78 is 6.06. The molecule has 0 unspecified atom stereocenters. The third-order valence-corrected chi connectivity index (χ3v) is 3.48. The molecule has 0 aliphatic rings. The summed E-state index contributed by atoms with van der Waals surface area (Å²) in [7, 11) is 0. The molecule has 0 amide bonds. The SMILES string of the molecule is CCNc1nc(-c2ccoc2)nc(CC(C)C)c1Br. The van der Waals surface area contributed by atoms with Gasteiger partial charge in [0.15, 0.2) is 5.82 Å². The smallest absolute Gasteiger partial charge is 0.165 e. The van der Waals surface area contributed by atoms with Gasteiger partial charge in [0, 0.05) is 6.54 Å². The molecule has 19 heavy (non-hydrogen) atoms. The lowest BCUT2D eigenvalue weighted by Gasteiger charge is -2.13. The topological polar surface area (TPSA) is 51.0 Å². The number of nitrogens with zero attached hydrogens (tertiary/aromatic N) is 2. The van der Waals surface area contributed by atoms with Gasteiger partial charge in [-0.3, -0.25) is 0 Å². The minimum absolute atomic E-state index is 0.540. The number of aromatic nitrogens is 2. The maximum absolute atomic E-state index is 5.11. The summed E-state index contributed by atoms with van der Waals surface area (Å²) in [6, 6.07) is 1.87. The van der Waals surface area contributed by atoms with Gasteiger partial charge in [0.2, 0.25) is 0 Å². The first-order chi connectivity index (χ1) is 9.11. The van der Waals surface area contributed by atoms with Crippen molar-refractivity contribution in [1.29, 1.82) is 0 Å². The number of halogens is 1. The van der Waals surface area contributed by atoms with Crippen LogP contribution in [0.2, 0.25) is 0 Å². The Morgan fingerprint density at radius 2 is 2.16 bits per heavy atom. The maximum Gasteiger partial charge on any atom is 0.165 e. The first-order valence-corrected chi connectivity index (χ1v) is 7.24. The average molecular weight is 324 g/mol. The van der Waals surface area contributed by atoms with Gasteiger partial charge in [-0.05, 0) is 41.3 Å². The van der Waals surface area contributed by atoms with Crippen LogP contribution in [0.3, 0.4) is 0 Å². The van der Waals surface area contributed by atoms with E-state index in [4.69, 9.17) is 4.42 Å². The molecule has 2 rings (SSSR count). The second kappa shape index (κ2) is 6.19. The monoisotopic (exact) mass is 323 g/mol. The van der Waals surface area contributed by atoms with E-state index in [1.807, 2.05) is 13.0 Å². The molecule has 0 saturated carbocycles. The van der Waals surface area contributed by atoms with Gasteiger partial charge in [-0.2, -0.15) is 0 Å². The predicted molar refractivity (Wildman–Crippen MR) is 80.1 cm³/mol. The molecule has 0 fully saturated rings. The summed E-state index contributed by atoms with van der Waals surface area (Å²) in [5.41, 5.74) is 1.92. The maximum atomic E-state index is 5.11. The Labute approximate surface area is 121 Å². The Morgan fingerprint density at radius 3 is 2.74 bits per heavy atom. The van der Waals surface area contributed by atoms with E-state index in [1.165, 1.54) is 0 Å². The molecular weight excluding hydrogens is 306 g/mol. The van der Waals surface area contributed by atoms with E-state index in [-0.39, 0.29) is 0 Å². The van der Waals surface area contributed by atoms with Gasteiger partial charge in [0.25, 0.3) is 0 Å². The van der Waals surface area contributed by atoms with Crippen LogP contribution in [0.4, 0.5) is 5.82 Å². The summed E-state index contributed by atoms with van der Waals surface area (Å²) >= 11 is 3.60. The number of hydrogen-bond donors (Lipinski definition) is 1. The van der Waals surface area contributed by atoms with Crippen LogP contribution in [0.1, 0.15) is 26.5 Å². The zero-order valence-electron chi connectivity index (χ0n) is 11.4. The average Bonchev–Trinajstić information content (AvgIpc) is 2.87. The van der Waals surface area contributed by atoms with E-state index >= 15 is 0 Å². The van der Waals surface area contributed by atoms with Gasteiger partial charge < -0.3 is 9.73 Å². The largest absolute Gasteiger partial charge is 0.472 e. The summed E-state index contributed by atoms with van der Waals surface area (Å²) in [4.78, 5) is 9.18. The van der Waals surface area contributed by atoms with Crippen molar-refractivity contribution >= 4 is 21.7 Å². The van der Waals surface area contributed by atoms with Crippen molar-refractivity contribution in [3.63, 3.8) is 0 Å². The van der Waals surface area contributed by atoms with E-state index in [0.29, 0.717) is 11.7 Å². The molecule has 0 spiro atoms. The Bertz CT molecular complexity index is 538. The fourth-order valence-corrected chi connectivity index (χ4v) is 2.30. The van der Waals surface area contributed by atoms with E-state index in [9.17, 15) is 0 Å². The van der Waals surface area contributed by atoms with Gasteiger partial charge >= 0.3 is 0 Å². The van der Waals surface area contributed by atoms with Crippen LogP contribution in [-0.4, -0.2) is 16.5 Å². The second-order valence-electron chi connectivity index (χ2n) is 4.80. The zero-order chi connectivity index (χ0) is 13.8. The number of hydrogen-bond acceptors (Lipinski definition) is 4. The van der Waals surface area contributed by atoms with Crippen molar-refractivity contribution < 1.29 is 4.42 Å². The third-order valence-electron chi connectivity index (χ3n) is 2.65. The van der Waals surface area contributed by atoms with Crippen molar-refractivity contribution in [3.05, 3.63) is 28.8 Å². The highest BCUT2D eigenvalue weighted by molar-refractivity contribution is 9.10. The fraction of sp³-hybridized carbons (Fsp3) is 0.429. The lowest BCUT2D eigenvalue weighted by molar-refractivity contribution is 0.568. The van der Waals surface area contributed by atoms with E-state index in [2.05, 4.69) is 45.1 Å². The normalized spacial score (nSPS) is 11.0. The van der Waals surface area contributed by atoms with Gasteiger partial charge in [-0.1, -0.05) is 13.8 Å². The standard InChI is InChI=1S/C14H18BrN3O/c1-4-16-14-12(15)11(7-9(2)3)17-13(18-14)10-5-6-19-8-10/h5-6,8-9H,4,7H2,1-3H3,(H,16,17,18). The molecule has 2 aromatic heterocycles. The van der Waals surface area contributed by atoms with E-state index < -0.39 is 0 Å². The van der Waals surface area contributed by atoms with Crippen molar-refractivity contribution in [1.82, 2.24) is 9.97 Å². The van der Waals surface area contributed by atoms with Crippen molar-refractivity contribution in [2.24, 2.45) is 5.92 Å². The predicted octanol–water partition coefficient (Wildman–Crippen LogP) is 4.13. The Balaban J connectivity index is 2.47. The Kier molecular flexibility index (Phi) is 4.58. The molecule has 0 aliphatic carbocycles. The molecule has 2 heterocycles. The van der Waals surface area contributed by atoms with Crippen molar-refractivity contribution in [3.8, 4) is 11.4 Å². The van der Waals surface area contributed by atoms with Crippen LogP contribution in [0.15, 0.2) is 27.5 Å². The molecule has 0 saturated heterocycles. The number of rotatable bonds is 5. The van der Waals surface area contributed by atoms with Crippen LogP contribution >= 0.6 is 15.9 Å². The van der Waals surface area contributed by atoms with Gasteiger partial charge in [0.1, 0.15) is 12.1 Å². The molecule has 0 aromatic carbocycles. The lowest BCUT2D eigenvalue weighted by Crippen LogP contribution is -2.07. The number of anilines is 1. The number of nitrogens with one attached hydrogen (secondary N) is 1. The molecule has 102 valence electrons. The minimum Gasteiger partial charge on any atom is -0.472 e. The highest BCUT2D eigenvalue weighted by atomic mass is 79.9. The lowest BCUT2D eigenvalue weighted by atomic mass is 10.1. The Hall–Kier alpha value is -1.36. The highest BCUT2D eigenvalue weighted by Crippen LogP contribution is 2.28. The first kappa shape index (κ1) is 14.1. The summed E-state index contributed by atoms with van der Waals surface area (Å²) in [6.07, 6.45) is 4.21. The summed E-state index contributed by atoms with van der Waals surface area (Å²) in [5, 5.41) is 3.26. The summed E-state index contributed by atoms with van der Waals surface area (Å²) in [6.45, 7) is 7.23. The van der Waals surface area contributed by atoms with E-state index in [0.717, 1.165) is 34.5 Å². The van der Waals surface area contributed by atoms with Crippen LogP contribution in [0.5, 0.6) is 0 Å². The Morgan fingerprint density at radius 1 is 1.37 bits per heavy atom. The highest BCUT2D eigenvalue weighted by Gasteiger charge is 2.14. The van der Waals surface area contributed by atoms with E-state index in [1.54, 1.807) is 12.5 Å². The van der Waals surface area contributed by atoms with Gasteiger partial charge in [-0.25, -0.2) is 9.97 Å². The molecule has 0 bridgehead atoms. The van der Waals surface area contributed by atoms with Crippen molar-refractivity contribution in [2.75, 3.05) is 11.9 Å². The third kappa shape index (κ3) is 3.35. The molecular formula is C14H18BrN3O. The molecule has 0 aliphatic heterocycles. The minimum atomic E-state index is 0.540. The van der Waals surface area contributed by atoms with Crippen LogP contribution < -0.4 is 5.32 Å². The second-order valence-corrected chi connectivity index (χ2v) is 5.59. The quantitative estimate of drug-likeness (QED) is 0.898. The summed E-state index contributed by atoms with van der Waals surface area (Å²) in [5.74, 6) is 2.07. The molecule has 1 N–H and O–H groups in total. The van der Waals surface area contributed by atoms with Gasteiger partial charge in [0.05, 0.1) is 22.0 Å². The molecule has 5 heteroatoms. The first-order valence-electron chi connectivity index (χ1n) is 6.44. The van der Waals surface area contributed by atoms with Crippen LogP contribution in [0.25, 0.3) is 11.4 Å². The fourth-order valence-electron chi connectivity index (χ4n) is 1.82. The molecule has 0 radical (unpaired) electrons. The molecule has 2 aromatic rings. The molecule has 4 nitrogen and oxygen atoms in total.